The van der Waals surface area contributed by atoms with Gasteiger partial charge in [0.15, 0.2) is 0 Å². The SMILES string of the molecule is CCc1c(CO)cnn1CCC(C)C. The number of hydrogen-bond acceptors (Lipinski definition) is 2. The summed E-state index contributed by atoms with van der Waals surface area (Å²) >= 11 is 0. The van der Waals surface area contributed by atoms with Crippen molar-refractivity contribution in [3.05, 3.63) is 17.5 Å². The summed E-state index contributed by atoms with van der Waals surface area (Å²) in [4.78, 5) is 0. The molecule has 1 rings (SSSR count). The van der Waals surface area contributed by atoms with Crippen LogP contribution in [-0.4, -0.2) is 14.9 Å². The van der Waals surface area contributed by atoms with E-state index < -0.39 is 0 Å². The molecule has 0 aromatic carbocycles. The number of nitrogens with zero attached hydrogens (tertiary/aromatic N) is 2. The van der Waals surface area contributed by atoms with Gasteiger partial charge in [-0.2, -0.15) is 5.10 Å². The Morgan fingerprint density at radius 1 is 1.50 bits per heavy atom. The van der Waals surface area contributed by atoms with E-state index in [0.29, 0.717) is 5.92 Å². The molecule has 1 aromatic heterocycles. The second kappa shape index (κ2) is 5.15. The van der Waals surface area contributed by atoms with Gasteiger partial charge in [0, 0.05) is 17.8 Å². The Bertz CT molecular complexity index is 279. The number of hydrogen-bond donors (Lipinski definition) is 1. The molecule has 0 fully saturated rings. The van der Waals surface area contributed by atoms with Crippen LogP contribution in [0.2, 0.25) is 0 Å². The maximum atomic E-state index is 9.09. The average molecular weight is 196 g/mol. The average Bonchev–Trinajstić information content (AvgIpc) is 2.56. The Morgan fingerprint density at radius 2 is 2.21 bits per heavy atom. The molecule has 3 nitrogen and oxygen atoms in total. The van der Waals surface area contributed by atoms with Crippen molar-refractivity contribution in [2.24, 2.45) is 5.92 Å². The number of rotatable bonds is 5. The molecule has 1 N–H and O–H groups in total. The number of aryl methyl sites for hydroxylation is 1. The zero-order valence-electron chi connectivity index (χ0n) is 9.32. The van der Waals surface area contributed by atoms with E-state index in [-0.39, 0.29) is 6.61 Å². The summed E-state index contributed by atoms with van der Waals surface area (Å²) in [5, 5.41) is 13.4. The topological polar surface area (TPSA) is 38.1 Å². The lowest BCUT2D eigenvalue weighted by Crippen LogP contribution is -2.07. The van der Waals surface area contributed by atoms with Gasteiger partial charge in [0.25, 0.3) is 0 Å². The van der Waals surface area contributed by atoms with Crippen molar-refractivity contribution in [2.45, 2.75) is 46.8 Å². The first kappa shape index (κ1) is 11.2. The van der Waals surface area contributed by atoms with Gasteiger partial charge in [0.05, 0.1) is 12.8 Å². The number of aliphatic hydroxyl groups is 1. The Labute approximate surface area is 85.8 Å². The molecule has 14 heavy (non-hydrogen) atoms. The number of aliphatic hydroxyl groups excluding tert-OH is 1. The molecule has 1 aromatic rings. The smallest absolute Gasteiger partial charge is 0.0715 e. The minimum absolute atomic E-state index is 0.102. The zero-order chi connectivity index (χ0) is 10.6. The van der Waals surface area contributed by atoms with Crippen molar-refractivity contribution < 1.29 is 5.11 Å². The highest BCUT2D eigenvalue weighted by Gasteiger charge is 2.07. The lowest BCUT2D eigenvalue weighted by Gasteiger charge is -2.08. The molecule has 0 saturated carbocycles. The highest BCUT2D eigenvalue weighted by Crippen LogP contribution is 2.11. The Balaban J connectivity index is 2.71. The molecule has 0 aliphatic heterocycles. The summed E-state index contributed by atoms with van der Waals surface area (Å²) in [6, 6.07) is 0. The Hall–Kier alpha value is -0.830. The molecule has 0 atom stereocenters. The van der Waals surface area contributed by atoms with Crippen molar-refractivity contribution in [3.8, 4) is 0 Å². The predicted octanol–water partition coefficient (Wildman–Crippen LogP) is 1.98. The molecule has 0 aliphatic rings. The maximum Gasteiger partial charge on any atom is 0.0715 e. The molecular formula is C11H20N2O. The van der Waals surface area contributed by atoms with Gasteiger partial charge in [0.1, 0.15) is 0 Å². The van der Waals surface area contributed by atoms with Gasteiger partial charge >= 0.3 is 0 Å². The van der Waals surface area contributed by atoms with E-state index in [1.54, 1.807) is 6.20 Å². The van der Waals surface area contributed by atoms with E-state index in [1.807, 2.05) is 4.68 Å². The van der Waals surface area contributed by atoms with Gasteiger partial charge in [-0.15, -0.1) is 0 Å². The second-order valence-corrected chi connectivity index (χ2v) is 4.03. The highest BCUT2D eigenvalue weighted by molar-refractivity contribution is 5.16. The maximum absolute atomic E-state index is 9.09. The lowest BCUT2D eigenvalue weighted by atomic mass is 10.1. The molecular weight excluding hydrogens is 176 g/mol. The molecule has 0 aliphatic carbocycles. The van der Waals surface area contributed by atoms with Crippen LogP contribution in [0.1, 0.15) is 38.4 Å². The molecule has 0 bridgehead atoms. The van der Waals surface area contributed by atoms with E-state index in [2.05, 4.69) is 25.9 Å². The summed E-state index contributed by atoms with van der Waals surface area (Å²) in [5.74, 6) is 0.696. The Morgan fingerprint density at radius 3 is 2.71 bits per heavy atom. The molecule has 0 spiro atoms. The van der Waals surface area contributed by atoms with Gasteiger partial charge in [0.2, 0.25) is 0 Å². The fourth-order valence-electron chi connectivity index (χ4n) is 1.56. The first-order chi connectivity index (χ1) is 6.69. The van der Waals surface area contributed by atoms with Crippen LogP contribution in [0.15, 0.2) is 6.20 Å². The highest BCUT2D eigenvalue weighted by atomic mass is 16.3. The fraction of sp³-hybridized carbons (Fsp3) is 0.727. The largest absolute Gasteiger partial charge is 0.392 e. The molecule has 3 heteroatoms. The minimum Gasteiger partial charge on any atom is -0.392 e. The second-order valence-electron chi connectivity index (χ2n) is 4.03. The van der Waals surface area contributed by atoms with Crippen LogP contribution in [-0.2, 0) is 19.6 Å². The van der Waals surface area contributed by atoms with E-state index in [1.165, 1.54) is 5.69 Å². The first-order valence-corrected chi connectivity index (χ1v) is 5.33. The van der Waals surface area contributed by atoms with Crippen molar-refractivity contribution >= 4 is 0 Å². The van der Waals surface area contributed by atoms with Gasteiger partial charge in [-0.25, -0.2) is 0 Å². The van der Waals surface area contributed by atoms with Crippen LogP contribution in [0.3, 0.4) is 0 Å². The number of aromatic nitrogens is 2. The summed E-state index contributed by atoms with van der Waals surface area (Å²) in [6.07, 6.45) is 3.85. The Kier molecular flexibility index (Phi) is 4.14. The predicted molar refractivity (Wildman–Crippen MR) is 57.0 cm³/mol. The molecule has 80 valence electrons. The third kappa shape index (κ3) is 2.58. The van der Waals surface area contributed by atoms with Crippen LogP contribution >= 0.6 is 0 Å². The quantitative estimate of drug-likeness (QED) is 0.782. The first-order valence-electron chi connectivity index (χ1n) is 5.33. The van der Waals surface area contributed by atoms with Crippen LogP contribution in [0.4, 0.5) is 0 Å². The van der Waals surface area contributed by atoms with E-state index in [4.69, 9.17) is 5.11 Å². The van der Waals surface area contributed by atoms with Gasteiger partial charge in [-0.05, 0) is 18.8 Å². The van der Waals surface area contributed by atoms with E-state index >= 15 is 0 Å². The van der Waals surface area contributed by atoms with Crippen molar-refractivity contribution in [3.63, 3.8) is 0 Å². The molecule has 0 unspecified atom stereocenters. The molecule has 0 amide bonds. The third-order valence-corrected chi connectivity index (χ3v) is 2.46. The summed E-state index contributed by atoms with van der Waals surface area (Å²) in [5.41, 5.74) is 2.14. The zero-order valence-corrected chi connectivity index (χ0v) is 9.32. The van der Waals surface area contributed by atoms with Crippen LogP contribution in [0.25, 0.3) is 0 Å². The summed E-state index contributed by atoms with van der Waals surface area (Å²) < 4.78 is 2.02. The van der Waals surface area contributed by atoms with Crippen LogP contribution in [0, 0.1) is 5.92 Å². The third-order valence-electron chi connectivity index (χ3n) is 2.46. The van der Waals surface area contributed by atoms with E-state index in [9.17, 15) is 0 Å². The minimum atomic E-state index is 0.102. The molecule has 1 heterocycles. The van der Waals surface area contributed by atoms with Crippen LogP contribution in [0.5, 0.6) is 0 Å². The fourth-order valence-corrected chi connectivity index (χ4v) is 1.56. The lowest BCUT2D eigenvalue weighted by molar-refractivity contribution is 0.280. The normalized spacial score (nSPS) is 11.2. The van der Waals surface area contributed by atoms with Gasteiger partial charge < -0.3 is 5.11 Å². The van der Waals surface area contributed by atoms with Crippen molar-refractivity contribution in [1.29, 1.82) is 0 Å². The summed E-state index contributed by atoms with van der Waals surface area (Å²) in [7, 11) is 0. The monoisotopic (exact) mass is 196 g/mol. The molecule has 0 saturated heterocycles. The van der Waals surface area contributed by atoms with Crippen LogP contribution < -0.4 is 0 Å². The van der Waals surface area contributed by atoms with Gasteiger partial charge in [-0.3, -0.25) is 4.68 Å². The van der Waals surface area contributed by atoms with Crippen molar-refractivity contribution in [1.82, 2.24) is 9.78 Å². The molecule has 0 radical (unpaired) electrons. The van der Waals surface area contributed by atoms with Gasteiger partial charge in [-0.1, -0.05) is 20.8 Å². The van der Waals surface area contributed by atoms with E-state index in [0.717, 1.165) is 24.9 Å². The summed E-state index contributed by atoms with van der Waals surface area (Å²) in [6.45, 7) is 7.58. The van der Waals surface area contributed by atoms with Crippen molar-refractivity contribution in [2.75, 3.05) is 0 Å². The standard InChI is InChI=1S/C11H20N2O/c1-4-11-10(8-14)7-12-13(11)6-5-9(2)3/h7,9,14H,4-6,8H2,1-3H3.